The van der Waals surface area contributed by atoms with Crippen molar-refractivity contribution in [3.05, 3.63) is 26.4 Å². The summed E-state index contributed by atoms with van der Waals surface area (Å²) in [5.74, 6) is 1.47. The quantitative estimate of drug-likeness (QED) is 0.730. The largest absolute Gasteiger partial charge is 0.497 e. The highest BCUT2D eigenvalue weighted by molar-refractivity contribution is 14.1. The summed E-state index contributed by atoms with van der Waals surface area (Å²) in [6, 6.07) is 3.77. The van der Waals surface area contributed by atoms with Gasteiger partial charge in [0, 0.05) is 25.7 Å². The fraction of sp³-hybridized carbons (Fsp3) is 0.182. The number of ether oxygens (including phenoxy) is 2. The Morgan fingerprint density at radius 2 is 2.00 bits per heavy atom. The van der Waals surface area contributed by atoms with Gasteiger partial charge < -0.3 is 9.47 Å². The van der Waals surface area contributed by atoms with E-state index in [1.165, 1.54) is 0 Å². The van der Waals surface area contributed by atoms with Crippen molar-refractivity contribution in [1.82, 2.24) is 4.98 Å². The van der Waals surface area contributed by atoms with E-state index in [2.05, 4.69) is 43.5 Å². The van der Waals surface area contributed by atoms with Gasteiger partial charge in [-0.25, -0.2) is 0 Å². The van der Waals surface area contributed by atoms with Crippen LogP contribution in [0, 0.1) is 3.57 Å². The topological polar surface area (TPSA) is 31.4 Å². The number of methoxy groups -OCH3 is 2. The van der Waals surface area contributed by atoms with Crippen LogP contribution in [0.4, 0.5) is 0 Å². The SMILES string of the molecule is COc1cc(OC)c2ncc(I)c(Br)c2c1. The summed E-state index contributed by atoms with van der Waals surface area (Å²) in [7, 11) is 3.26. The predicted molar refractivity (Wildman–Crippen MR) is 75.3 cm³/mol. The lowest BCUT2D eigenvalue weighted by Gasteiger charge is -2.09. The first-order valence-corrected chi connectivity index (χ1v) is 6.40. The molecule has 0 atom stereocenters. The Labute approximate surface area is 115 Å². The molecule has 2 rings (SSSR count). The molecule has 0 N–H and O–H groups in total. The Balaban J connectivity index is 2.84. The van der Waals surface area contributed by atoms with E-state index < -0.39 is 0 Å². The van der Waals surface area contributed by atoms with Crippen molar-refractivity contribution in [3.63, 3.8) is 0 Å². The molecule has 2 aromatic rings. The Kier molecular flexibility index (Phi) is 3.53. The number of hydrogen-bond donors (Lipinski definition) is 0. The van der Waals surface area contributed by atoms with Gasteiger partial charge in [0.05, 0.1) is 14.2 Å². The van der Waals surface area contributed by atoms with Gasteiger partial charge in [-0.05, 0) is 44.6 Å². The van der Waals surface area contributed by atoms with Crippen molar-refractivity contribution < 1.29 is 9.47 Å². The molecule has 0 amide bonds. The minimum absolute atomic E-state index is 0.714. The van der Waals surface area contributed by atoms with Crippen LogP contribution in [0.3, 0.4) is 0 Å². The molecule has 0 saturated heterocycles. The van der Waals surface area contributed by atoms with Gasteiger partial charge in [-0.2, -0.15) is 0 Å². The van der Waals surface area contributed by atoms with Crippen molar-refractivity contribution in [3.8, 4) is 11.5 Å². The smallest absolute Gasteiger partial charge is 0.148 e. The zero-order valence-electron chi connectivity index (χ0n) is 8.75. The molecule has 0 aliphatic rings. The number of hydrogen-bond acceptors (Lipinski definition) is 3. The lowest BCUT2D eigenvalue weighted by atomic mass is 10.2. The lowest BCUT2D eigenvalue weighted by molar-refractivity contribution is 0.397. The third-order valence-electron chi connectivity index (χ3n) is 2.26. The fourth-order valence-electron chi connectivity index (χ4n) is 1.46. The van der Waals surface area contributed by atoms with Crippen molar-refractivity contribution in [2.45, 2.75) is 0 Å². The van der Waals surface area contributed by atoms with Gasteiger partial charge in [-0.3, -0.25) is 4.98 Å². The molecule has 1 aromatic carbocycles. The molecule has 1 aromatic heterocycles. The molecule has 16 heavy (non-hydrogen) atoms. The summed E-state index contributed by atoms with van der Waals surface area (Å²) >= 11 is 5.78. The zero-order valence-corrected chi connectivity index (χ0v) is 12.5. The van der Waals surface area contributed by atoms with Crippen LogP contribution < -0.4 is 9.47 Å². The Morgan fingerprint density at radius 3 is 2.62 bits per heavy atom. The first kappa shape index (κ1) is 11.9. The number of fused-ring (bicyclic) bond motifs is 1. The van der Waals surface area contributed by atoms with Gasteiger partial charge in [0.2, 0.25) is 0 Å². The third-order valence-corrected chi connectivity index (χ3v) is 4.67. The number of benzene rings is 1. The monoisotopic (exact) mass is 393 g/mol. The first-order chi connectivity index (χ1) is 7.67. The van der Waals surface area contributed by atoms with Crippen LogP contribution >= 0.6 is 38.5 Å². The molecule has 84 valence electrons. The van der Waals surface area contributed by atoms with E-state index in [1.54, 1.807) is 14.2 Å². The molecular formula is C11H9BrINO2. The molecule has 0 saturated carbocycles. The first-order valence-electron chi connectivity index (χ1n) is 4.53. The van der Waals surface area contributed by atoms with E-state index >= 15 is 0 Å². The molecule has 0 fully saturated rings. The number of nitrogens with zero attached hydrogens (tertiary/aromatic N) is 1. The molecular weight excluding hydrogens is 385 g/mol. The van der Waals surface area contributed by atoms with Gasteiger partial charge >= 0.3 is 0 Å². The summed E-state index contributed by atoms with van der Waals surface area (Å²) in [4.78, 5) is 4.37. The minimum atomic E-state index is 0.714. The number of aromatic nitrogens is 1. The number of halogens is 2. The van der Waals surface area contributed by atoms with Crippen LogP contribution in [0.5, 0.6) is 11.5 Å². The van der Waals surface area contributed by atoms with Crippen molar-refractivity contribution in [1.29, 1.82) is 0 Å². The van der Waals surface area contributed by atoms with Gasteiger partial charge in [0.25, 0.3) is 0 Å². The number of pyridine rings is 1. The van der Waals surface area contributed by atoms with Crippen LogP contribution in [0.2, 0.25) is 0 Å². The fourth-order valence-corrected chi connectivity index (χ4v) is 2.30. The molecule has 5 heteroatoms. The van der Waals surface area contributed by atoms with Gasteiger partial charge in [-0.1, -0.05) is 0 Å². The average molecular weight is 394 g/mol. The maximum atomic E-state index is 5.30. The molecule has 0 bridgehead atoms. The molecule has 0 radical (unpaired) electrons. The van der Waals surface area contributed by atoms with Crippen LogP contribution in [0.15, 0.2) is 22.8 Å². The normalized spacial score (nSPS) is 10.5. The van der Waals surface area contributed by atoms with E-state index in [1.807, 2.05) is 18.3 Å². The maximum absolute atomic E-state index is 5.30. The summed E-state index contributed by atoms with van der Waals surface area (Å²) in [5.41, 5.74) is 0.829. The van der Waals surface area contributed by atoms with Crippen molar-refractivity contribution in [2.75, 3.05) is 14.2 Å². The summed E-state index contributed by atoms with van der Waals surface area (Å²) in [5, 5.41) is 0.989. The van der Waals surface area contributed by atoms with E-state index in [9.17, 15) is 0 Å². The Hall–Kier alpha value is -0.560. The zero-order chi connectivity index (χ0) is 11.7. The average Bonchev–Trinajstić information content (AvgIpc) is 2.32. The highest BCUT2D eigenvalue weighted by Crippen LogP contribution is 2.35. The summed E-state index contributed by atoms with van der Waals surface area (Å²) in [6.07, 6.45) is 1.81. The van der Waals surface area contributed by atoms with E-state index in [0.717, 1.165) is 24.7 Å². The second kappa shape index (κ2) is 4.75. The Morgan fingerprint density at radius 1 is 1.25 bits per heavy atom. The number of rotatable bonds is 2. The van der Waals surface area contributed by atoms with Gasteiger partial charge in [-0.15, -0.1) is 0 Å². The second-order valence-corrected chi connectivity index (χ2v) is 5.10. The van der Waals surface area contributed by atoms with E-state index in [-0.39, 0.29) is 0 Å². The molecule has 0 aliphatic carbocycles. The lowest BCUT2D eigenvalue weighted by Crippen LogP contribution is -1.92. The van der Waals surface area contributed by atoms with Crippen LogP contribution in [-0.4, -0.2) is 19.2 Å². The van der Waals surface area contributed by atoms with Gasteiger partial charge in [0.15, 0.2) is 0 Å². The van der Waals surface area contributed by atoms with Crippen molar-refractivity contribution >= 4 is 49.4 Å². The Bertz CT molecular complexity index is 545. The predicted octanol–water partition coefficient (Wildman–Crippen LogP) is 3.62. The molecule has 1 heterocycles. The summed E-state index contributed by atoms with van der Waals surface area (Å²) in [6.45, 7) is 0. The van der Waals surface area contributed by atoms with Gasteiger partial charge in [0.1, 0.15) is 17.0 Å². The standard InChI is InChI=1S/C11H9BrINO2/c1-15-6-3-7-10(12)8(13)5-14-11(7)9(4-6)16-2/h3-5H,1-2H3. The van der Waals surface area contributed by atoms with Crippen LogP contribution in [-0.2, 0) is 0 Å². The maximum Gasteiger partial charge on any atom is 0.148 e. The second-order valence-electron chi connectivity index (χ2n) is 3.15. The molecule has 0 spiro atoms. The minimum Gasteiger partial charge on any atom is -0.497 e. The molecule has 0 unspecified atom stereocenters. The molecule has 3 nitrogen and oxygen atoms in total. The highest BCUT2D eigenvalue weighted by Gasteiger charge is 2.11. The van der Waals surface area contributed by atoms with Crippen LogP contribution in [0.25, 0.3) is 10.9 Å². The van der Waals surface area contributed by atoms with Crippen molar-refractivity contribution in [2.24, 2.45) is 0 Å². The summed E-state index contributed by atoms with van der Waals surface area (Å²) < 4.78 is 12.6. The van der Waals surface area contributed by atoms with Crippen LogP contribution in [0.1, 0.15) is 0 Å². The molecule has 0 aliphatic heterocycles. The van der Waals surface area contributed by atoms with E-state index in [4.69, 9.17) is 9.47 Å². The van der Waals surface area contributed by atoms with E-state index in [0.29, 0.717) is 5.75 Å². The third kappa shape index (κ3) is 1.98. The highest BCUT2D eigenvalue weighted by atomic mass is 127.